The van der Waals surface area contributed by atoms with Gasteiger partial charge in [-0.05, 0) is 33.6 Å². The van der Waals surface area contributed by atoms with Gasteiger partial charge in [0.15, 0.2) is 0 Å². The molecular weight excluding hydrogens is 284 g/mol. The number of hydrogen-bond donors (Lipinski definition) is 3. The molecule has 94 valence electrons. The number of aliphatic hydroxyl groups is 1. The number of aromatic hydroxyl groups is 1. The average Bonchev–Trinajstić information content (AvgIpc) is 2.36. The van der Waals surface area contributed by atoms with Gasteiger partial charge in [0.2, 0.25) is 0 Å². The molecule has 2 rings (SSSR count). The molecule has 1 saturated heterocycles. The number of rotatable bonds is 3. The van der Waals surface area contributed by atoms with Crippen LogP contribution < -0.4 is 5.32 Å². The van der Waals surface area contributed by atoms with E-state index in [0.29, 0.717) is 4.47 Å². The van der Waals surface area contributed by atoms with Crippen molar-refractivity contribution in [3.05, 3.63) is 28.2 Å². The molecule has 5 heteroatoms. The highest BCUT2D eigenvalue weighted by atomic mass is 79.9. The van der Waals surface area contributed by atoms with E-state index < -0.39 is 0 Å². The molecule has 1 unspecified atom stereocenters. The van der Waals surface area contributed by atoms with E-state index in [1.165, 1.54) is 0 Å². The first-order valence-electron chi connectivity index (χ1n) is 5.76. The lowest BCUT2D eigenvalue weighted by atomic mass is 10.1. The predicted molar refractivity (Wildman–Crippen MR) is 70.1 cm³/mol. The highest BCUT2D eigenvalue weighted by Crippen LogP contribution is 2.29. The third-order valence-electron chi connectivity index (χ3n) is 3.12. The van der Waals surface area contributed by atoms with Crippen LogP contribution >= 0.6 is 15.9 Å². The molecule has 1 aromatic rings. The molecule has 17 heavy (non-hydrogen) atoms. The number of nitrogens with one attached hydrogen (secondary N) is 1. The van der Waals surface area contributed by atoms with Crippen LogP contribution in [0.3, 0.4) is 0 Å². The van der Waals surface area contributed by atoms with Crippen LogP contribution in [0.1, 0.15) is 11.6 Å². The van der Waals surface area contributed by atoms with Gasteiger partial charge in [-0.25, -0.2) is 0 Å². The topological polar surface area (TPSA) is 55.7 Å². The first-order chi connectivity index (χ1) is 8.22. The highest BCUT2D eigenvalue weighted by molar-refractivity contribution is 9.10. The normalized spacial score (nSPS) is 19.2. The summed E-state index contributed by atoms with van der Waals surface area (Å²) in [5.41, 5.74) is 1.03. The van der Waals surface area contributed by atoms with E-state index in [2.05, 4.69) is 26.1 Å². The number of piperazine rings is 1. The maximum atomic E-state index is 9.55. The zero-order valence-corrected chi connectivity index (χ0v) is 11.2. The van der Waals surface area contributed by atoms with Gasteiger partial charge >= 0.3 is 0 Å². The SMILES string of the molecule is OCC(c1ccc(O)c(Br)c1)N1CCNCC1. The van der Waals surface area contributed by atoms with Crippen molar-refractivity contribution in [2.45, 2.75) is 6.04 Å². The van der Waals surface area contributed by atoms with Crippen molar-refractivity contribution < 1.29 is 10.2 Å². The first kappa shape index (κ1) is 12.8. The fourth-order valence-electron chi connectivity index (χ4n) is 2.16. The maximum absolute atomic E-state index is 9.55. The predicted octanol–water partition coefficient (Wildman–Crippen LogP) is 1.09. The zero-order valence-electron chi connectivity index (χ0n) is 9.56. The number of phenols is 1. The molecule has 0 aromatic heterocycles. The van der Waals surface area contributed by atoms with E-state index in [1.54, 1.807) is 6.07 Å². The number of benzene rings is 1. The Kier molecular flexibility index (Phi) is 4.39. The van der Waals surface area contributed by atoms with Gasteiger partial charge in [-0.1, -0.05) is 6.07 Å². The minimum atomic E-state index is 0.00833. The van der Waals surface area contributed by atoms with E-state index in [-0.39, 0.29) is 18.4 Å². The van der Waals surface area contributed by atoms with Crippen molar-refractivity contribution >= 4 is 15.9 Å². The van der Waals surface area contributed by atoms with Crippen LogP contribution in [-0.4, -0.2) is 47.9 Å². The summed E-state index contributed by atoms with van der Waals surface area (Å²) in [5.74, 6) is 0.228. The van der Waals surface area contributed by atoms with Crippen molar-refractivity contribution in [2.24, 2.45) is 0 Å². The summed E-state index contributed by atoms with van der Waals surface area (Å²) in [7, 11) is 0. The molecule has 1 atom stereocenters. The first-order valence-corrected chi connectivity index (χ1v) is 6.55. The number of aliphatic hydroxyl groups excluding tert-OH is 1. The van der Waals surface area contributed by atoms with Crippen molar-refractivity contribution in [2.75, 3.05) is 32.8 Å². The minimum absolute atomic E-state index is 0.00833. The summed E-state index contributed by atoms with van der Waals surface area (Å²) in [5, 5.41) is 22.3. The Morgan fingerprint density at radius 3 is 2.65 bits per heavy atom. The second-order valence-corrected chi connectivity index (χ2v) is 5.05. The summed E-state index contributed by atoms with van der Waals surface area (Å²) in [4.78, 5) is 2.26. The van der Waals surface area contributed by atoms with Gasteiger partial charge in [-0.3, -0.25) is 4.90 Å². The average molecular weight is 301 g/mol. The molecule has 1 heterocycles. The second-order valence-electron chi connectivity index (χ2n) is 4.20. The molecule has 4 nitrogen and oxygen atoms in total. The van der Waals surface area contributed by atoms with E-state index >= 15 is 0 Å². The third kappa shape index (κ3) is 2.98. The molecule has 0 saturated carbocycles. The lowest BCUT2D eigenvalue weighted by Gasteiger charge is -2.34. The summed E-state index contributed by atoms with van der Waals surface area (Å²) in [6.07, 6.45) is 0. The monoisotopic (exact) mass is 300 g/mol. The van der Waals surface area contributed by atoms with Crippen molar-refractivity contribution in [1.82, 2.24) is 10.2 Å². The van der Waals surface area contributed by atoms with Crippen LogP contribution in [0.4, 0.5) is 0 Å². The van der Waals surface area contributed by atoms with E-state index in [0.717, 1.165) is 31.7 Å². The molecule has 3 N–H and O–H groups in total. The van der Waals surface area contributed by atoms with E-state index in [4.69, 9.17) is 0 Å². The van der Waals surface area contributed by atoms with Crippen LogP contribution in [0.15, 0.2) is 22.7 Å². The number of nitrogens with zero attached hydrogens (tertiary/aromatic N) is 1. The Hall–Kier alpha value is -0.620. The fourth-order valence-corrected chi connectivity index (χ4v) is 2.55. The van der Waals surface area contributed by atoms with Gasteiger partial charge in [0, 0.05) is 26.2 Å². The van der Waals surface area contributed by atoms with Gasteiger partial charge in [-0.15, -0.1) is 0 Å². The molecule has 0 spiro atoms. The van der Waals surface area contributed by atoms with Crippen LogP contribution in [0.2, 0.25) is 0 Å². The Labute approximate surface area is 109 Å². The zero-order chi connectivity index (χ0) is 12.3. The Morgan fingerprint density at radius 1 is 1.35 bits per heavy atom. The van der Waals surface area contributed by atoms with Crippen molar-refractivity contribution in [3.8, 4) is 5.75 Å². The second kappa shape index (κ2) is 5.82. The number of phenolic OH excluding ortho intramolecular Hbond substituents is 1. The van der Waals surface area contributed by atoms with Crippen LogP contribution in [0.5, 0.6) is 5.75 Å². The van der Waals surface area contributed by atoms with Crippen LogP contribution in [-0.2, 0) is 0 Å². The largest absolute Gasteiger partial charge is 0.507 e. The molecule has 1 aromatic carbocycles. The number of hydrogen-bond acceptors (Lipinski definition) is 4. The van der Waals surface area contributed by atoms with Gasteiger partial charge in [0.1, 0.15) is 5.75 Å². The lowest BCUT2D eigenvalue weighted by molar-refractivity contribution is 0.111. The maximum Gasteiger partial charge on any atom is 0.129 e. The van der Waals surface area contributed by atoms with Gasteiger partial charge in [-0.2, -0.15) is 0 Å². The molecule has 1 aliphatic heterocycles. The van der Waals surface area contributed by atoms with Crippen LogP contribution in [0, 0.1) is 0 Å². The highest BCUT2D eigenvalue weighted by Gasteiger charge is 2.21. The van der Waals surface area contributed by atoms with Gasteiger partial charge in [0.25, 0.3) is 0 Å². The smallest absolute Gasteiger partial charge is 0.129 e. The fraction of sp³-hybridized carbons (Fsp3) is 0.500. The lowest BCUT2D eigenvalue weighted by Crippen LogP contribution is -2.46. The molecule has 0 amide bonds. The Morgan fingerprint density at radius 2 is 2.06 bits per heavy atom. The molecule has 0 radical (unpaired) electrons. The van der Waals surface area contributed by atoms with Crippen molar-refractivity contribution in [3.63, 3.8) is 0 Å². The summed E-state index contributed by atoms with van der Waals surface area (Å²) < 4.78 is 0.670. The number of halogens is 1. The van der Waals surface area contributed by atoms with Crippen LogP contribution in [0.25, 0.3) is 0 Å². The molecule has 1 aliphatic rings. The summed E-state index contributed by atoms with van der Waals surface area (Å²) >= 11 is 3.31. The molecule has 0 aliphatic carbocycles. The summed E-state index contributed by atoms with van der Waals surface area (Å²) in [6.45, 7) is 3.87. The standard InChI is InChI=1S/C12H17BrN2O2/c13-10-7-9(1-2-12(10)17)11(8-16)15-5-3-14-4-6-15/h1-2,7,11,14,16-17H,3-6,8H2. The molecule has 1 fully saturated rings. The van der Waals surface area contributed by atoms with Gasteiger partial charge in [0.05, 0.1) is 17.1 Å². The quantitative estimate of drug-likeness (QED) is 0.782. The summed E-state index contributed by atoms with van der Waals surface area (Å²) in [6, 6.07) is 5.40. The molecular formula is C12H17BrN2O2. The van der Waals surface area contributed by atoms with E-state index in [9.17, 15) is 10.2 Å². The third-order valence-corrected chi connectivity index (χ3v) is 3.76. The molecule has 0 bridgehead atoms. The Bertz CT molecular complexity index is 381. The van der Waals surface area contributed by atoms with Crippen molar-refractivity contribution in [1.29, 1.82) is 0 Å². The Balaban J connectivity index is 2.18. The van der Waals surface area contributed by atoms with Gasteiger partial charge < -0.3 is 15.5 Å². The van der Waals surface area contributed by atoms with E-state index in [1.807, 2.05) is 12.1 Å². The minimum Gasteiger partial charge on any atom is -0.507 e.